The molecule has 2 heterocycles. The van der Waals surface area contributed by atoms with Crippen molar-refractivity contribution in [2.45, 2.75) is 10.9 Å². The lowest BCUT2D eigenvalue weighted by atomic mass is 10.2. The van der Waals surface area contributed by atoms with Crippen molar-refractivity contribution in [1.29, 1.82) is 0 Å². The molecule has 0 saturated heterocycles. The predicted octanol–water partition coefficient (Wildman–Crippen LogP) is 3.54. The Balaban J connectivity index is 1.51. The smallest absolute Gasteiger partial charge is 0.433 e. The summed E-state index contributed by atoms with van der Waals surface area (Å²) in [6, 6.07) is 12.1. The zero-order chi connectivity index (χ0) is 17.6. The maximum absolute atomic E-state index is 11.8. The highest BCUT2D eigenvalue weighted by Gasteiger charge is 2.17. The summed E-state index contributed by atoms with van der Waals surface area (Å²) >= 11 is 2.37. The van der Waals surface area contributed by atoms with Crippen molar-refractivity contribution in [3.8, 4) is 10.8 Å². The average Bonchev–Trinajstić information content (AvgIpc) is 3.28. The van der Waals surface area contributed by atoms with Crippen LogP contribution >= 0.6 is 23.1 Å². The zero-order valence-corrected chi connectivity index (χ0v) is 14.3. The number of thioether (sulfide) groups is 1. The van der Waals surface area contributed by atoms with Crippen LogP contribution in [0.2, 0.25) is 0 Å². The van der Waals surface area contributed by atoms with Crippen molar-refractivity contribution in [2.75, 3.05) is 5.75 Å². The first kappa shape index (κ1) is 17.1. The Morgan fingerprint density at radius 1 is 1.24 bits per heavy atom. The maximum atomic E-state index is 11.8. The molecular formula is C15H11N3O5S2. The summed E-state index contributed by atoms with van der Waals surface area (Å²) in [6.45, 7) is 0.220. The van der Waals surface area contributed by atoms with E-state index in [1.807, 2.05) is 30.3 Å². The number of rotatable bonds is 7. The molecule has 0 spiro atoms. The minimum atomic E-state index is -0.622. The van der Waals surface area contributed by atoms with Crippen LogP contribution in [0, 0.1) is 10.1 Å². The van der Waals surface area contributed by atoms with Gasteiger partial charge < -0.3 is 9.15 Å². The summed E-state index contributed by atoms with van der Waals surface area (Å²) in [5, 5.41) is 18.9. The van der Waals surface area contributed by atoms with E-state index in [0.29, 0.717) is 9.35 Å². The highest BCUT2D eigenvalue weighted by atomic mass is 32.2. The van der Waals surface area contributed by atoms with E-state index in [4.69, 9.17) is 9.15 Å². The highest BCUT2D eigenvalue weighted by molar-refractivity contribution is 8.01. The first-order chi connectivity index (χ1) is 12.1. The number of ether oxygens (including phenoxy) is 1. The number of nitrogens with zero attached hydrogens (tertiary/aromatic N) is 3. The molecule has 0 amide bonds. The number of furan rings is 1. The molecule has 0 unspecified atom stereocenters. The van der Waals surface area contributed by atoms with E-state index in [0.717, 1.165) is 5.56 Å². The normalized spacial score (nSPS) is 10.6. The molecule has 0 atom stereocenters. The number of carbonyl (C=O) groups excluding carboxylic acids is 1. The molecule has 0 fully saturated rings. The van der Waals surface area contributed by atoms with Gasteiger partial charge in [0.1, 0.15) is 11.5 Å². The van der Waals surface area contributed by atoms with Gasteiger partial charge >= 0.3 is 11.9 Å². The number of benzene rings is 1. The lowest BCUT2D eigenvalue weighted by Gasteiger charge is -2.03. The lowest BCUT2D eigenvalue weighted by Crippen LogP contribution is -2.07. The van der Waals surface area contributed by atoms with Crippen molar-refractivity contribution < 1.29 is 18.9 Å². The summed E-state index contributed by atoms with van der Waals surface area (Å²) in [6.07, 6.45) is 0. The van der Waals surface area contributed by atoms with Crippen molar-refractivity contribution in [2.24, 2.45) is 0 Å². The molecule has 0 aliphatic heterocycles. The molecule has 3 aromatic rings. The third-order valence-electron chi connectivity index (χ3n) is 2.95. The molecule has 0 aliphatic rings. The first-order valence-electron chi connectivity index (χ1n) is 7.02. The summed E-state index contributed by atoms with van der Waals surface area (Å²) in [5.74, 6) is -0.356. The number of hydrogen-bond donors (Lipinski definition) is 0. The molecule has 8 nitrogen and oxygen atoms in total. The molecule has 1 aromatic carbocycles. The predicted molar refractivity (Wildman–Crippen MR) is 91.2 cm³/mol. The van der Waals surface area contributed by atoms with Crippen LogP contribution in [0.5, 0.6) is 0 Å². The number of carbonyl (C=O) groups is 1. The molecule has 2 aromatic heterocycles. The minimum absolute atomic E-state index is 0.0970. The van der Waals surface area contributed by atoms with Gasteiger partial charge in [0, 0.05) is 0 Å². The van der Waals surface area contributed by atoms with Crippen LogP contribution in [0.25, 0.3) is 10.8 Å². The van der Waals surface area contributed by atoms with Gasteiger partial charge in [-0.15, -0.1) is 10.2 Å². The third kappa shape index (κ3) is 4.64. The Kier molecular flexibility index (Phi) is 5.41. The molecule has 0 bridgehead atoms. The summed E-state index contributed by atoms with van der Waals surface area (Å²) in [7, 11) is 0. The Hall–Kier alpha value is -2.72. The van der Waals surface area contributed by atoms with Gasteiger partial charge in [-0.1, -0.05) is 53.4 Å². The van der Waals surface area contributed by atoms with Gasteiger partial charge in [0.05, 0.1) is 11.8 Å². The van der Waals surface area contributed by atoms with Gasteiger partial charge in [0.2, 0.25) is 0 Å². The van der Waals surface area contributed by atoms with Crippen LogP contribution in [0.1, 0.15) is 5.56 Å². The van der Waals surface area contributed by atoms with Crippen molar-refractivity contribution >= 4 is 35.0 Å². The molecule has 10 heteroatoms. The van der Waals surface area contributed by atoms with E-state index < -0.39 is 4.92 Å². The number of hydrogen-bond acceptors (Lipinski definition) is 9. The second kappa shape index (κ2) is 7.90. The van der Waals surface area contributed by atoms with Gasteiger partial charge in [0.15, 0.2) is 15.1 Å². The lowest BCUT2D eigenvalue weighted by molar-refractivity contribution is -0.401. The van der Waals surface area contributed by atoms with Gasteiger partial charge in [-0.3, -0.25) is 14.9 Å². The highest BCUT2D eigenvalue weighted by Crippen LogP contribution is 2.32. The van der Waals surface area contributed by atoms with E-state index in [1.165, 1.54) is 35.2 Å². The maximum Gasteiger partial charge on any atom is 0.433 e. The summed E-state index contributed by atoms with van der Waals surface area (Å²) in [5.41, 5.74) is 0.915. The van der Waals surface area contributed by atoms with Crippen LogP contribution in [0.3, 0.4) is 0 Å². The van der Waals surface area contributed by atoms with Crippen molar-refractivity contribution in [3.05, 3.63) is 58.1 Å². The van der Waals surface area contributed by atoms with Gasteiger partial charge in [-0.05, 0) is 11.6 Å². The van der Waals surface area contributed by atoms with E-state index in [1.54, 1.807) is 0 Å². The summed E-state index contributed by atoms with van der Waals surface area (Å²) < 4.78 is 10.8. The Morgan fingerprint density at radius 3 is 2.76 bits per heavy atom. The Bertz CT molecular complexity index is 878. The number of nitro groups is 1. The van der Waals surface area contributed by atoms with Gasteiger partial charge in [-0.2, -0.15) is 0 Å². The van der Waals surface area contributed by atoms with E-state index in [9.17, 15) is 14.9 Å². The summed E-state index contributed by atoms with van der Waals surface area (Å²) in [4.78, 5) is 21.8. The van der Waals surface area contributed by atoms with E-state index >= 15 is 0 Å². The molecular weight excluding hydrogens is 366 g/mol. The van der Waals surface area contributed by atoms with Crippen LogP contribution < -0.4 is 0 Å². The second-order valence-corrected chi connectivity index (χ2v) is 6.90. The molecule has 0 saturated carbocycles. The fourth-order valence-electron chi connectivity index (χ4n) is 1.81. The van der Waals surface area contributed by atoms with Crippen LogP contribution in [0.15, 0.2) is 51.2 Å². The monoisotopic (exact) mass is 377 g/mol. The standard InChI is InChI=1S/C15H11N3O5S2/c19-13(22-8-10-4-2-1-3-5-10)9-24-15-17-16-14(25-15)11-6-7-12(23-11)18(20)21/h1-7H,8-9H2. The van der Waals surface area contributed by atoms with Crippen molar-refractivity contribution in [1.82, 2.24) is 10.2 Å². The molecule has 128 valence electrons. The number of esters is 1. The molecule has 0 radical (unpaired) electrons. The quantitative estimate of drug-likeness (QED) is 0.266. The fourth-order valence-corrected chi connectivity index (χ4v) is 3.42. The van der Waals surface area contributed by atoms with Crippen LogP contribution in [-0.4, -0.2) is 26.8 Å². The largest absolute Gasteiger partial charge is 0.460 e. The van der Waals surface area contributed by atoms with E-state index in [2.05, 4.69) is 10.2 Å². The SMILES string of the molecule is O=C(CSc1nnc(-c2ccc([N+](=O)[O-])o2)s1)OCc1ccccc1. The molecule has 0 N–H and O–H groups in total. The first-order valence-corrected chi connectivity index (χ1v) is 8.82. The Labute approximate surface area is 150 Å². The molecule has 0 aliphatic carbocycles. The van der Waals surface area contributed by atoms with E-state index in [-0.39, 0.29) is 30.0 Å². The minimum Gasteiger partial charge on any atom is -0.460 e. The average molecular weight is 377 g/mol. The van der Waals surface area contributed by atoms with Gasteiger partial charge in [0.25, 0.3) is 0 Å². The van der Waals surface area contributed by atoms with Gasteiger partial charge in [-0.25, -0.2) is 0 Å². The fraction of sp³-hybridized carbons (Fsp3) is 0.133. The zero-order valence-electron chi connectivity index (χ0n) is 12.7. The molecule has 25 heavy (non-hydrogen) atoms. The third-order valence-corrected chi connectivity index (χ3v) is 4.99. The Morgan fingerprint density at radius 2 is 2.04 bits per heavy atom. The van der Waals surface area contributed by atoms with Crippen molar-refractivity contribution in [3.63, 3.8) is 0 Å². The topological polar surface area (TPSA) is 108 Å². The second-order valence-electron chi connectivity index (χ2n) is 4.70. The van der Waals surface area contributed by atoms with Crippen LogP contribution in [0.4, 0.5) is 5.88 Å². The molecule has 3 rings (SSSR count). The van der Waals surface area contributed by atoms with Crippen LogP contribution in [-0.2, 0) is 16.1 Å². The number of aromatic nitrogens is 2.